The predicted octanol–water partition coefficient (Wildman–Crippen LogP) is 1.94. The summed E-state index contributed by atoms with van der Waals surface area (Å²) in [4.78, 5) is 12.4. The van der Waals surface area contributed by atoms with Gasteiger partial charge in [-0.05, 0) is 36.3 Å². The molecule has 0 saturated carbocycles. The summed E-state index contributed by atoms with van der Waals surface area (Å²) in [6, 6.07) is 8.92. The van der Waals surface area contributed by atoms with Crippen molar-refractivity contribution >= 4 is 5.97 Å². The highest BCUT2D eigenvalue weighted by molar-refractivity contribution is 5.79. The number of fused-ring (bicyclic) bond motifs is 2. The van der Waals surface area contributed by atoms with Crippen molar-refractivity contribution < 1.29 is 9.53 Å². The summed E-state index contributed by atoms with van der Waals surface area (Å²) in [7, 11) is 1.51. The average Bonchev–Trinajstić information content (AvgIpc) is 2.82. The van der Waals surface area contributed by atoms with Gasteiger partial charge in [0.05, 0.1) is 12.5 Å². The Morgan fingerprint density at radius 1 is 1.42 bits per heavy atom. The first kappa shape index (κ1) is 12.7. The van der Waals surface area contributed by atoms with E-state index in [1.165, 1.54) is 18.2 Å². The summed E-state index contributed by atoms with van der Waals surface area (Å²) >= 11 is 0. The van der Waals surface area contributed by atoms with Crippen LogP contribution in [0.15, 0.2) is 24.3 Å². The van der Waals surface area contributed by atoms with E-state index in [1.807, 2.05) is 0 Å². The second kappa shape index (κ2) is 4.64. The molecule has 1 aromatic carbocycles. The van der Waals surface area contributed by atoms with E-state index in [0.29, 0.717) is 12.0 Å². The number of ether oxygens (including phenoxy) is 1. The van der Waals surface area contributed by atoms with E-state index in [9.17, 15) is 4.79 Å². The van der Waals surface area contributed by atoms with Crippen LogP contribution in [0.5, 0.6) is 0 Å². The summed E-state index contributed by atoms with van der Waals surface area (Å²) in [6.07, 6.45) is 2.85. The lowest BCUT2D eigenvalue weighted by Gasteiger charge is -2.38. The number of hydrogen-bond donors (Lipinski definition) is 1. The smallest absolute Gasteiger partial charge is 0.313 e. The zero-order valence-corrected chi connectivity index (χ0v) is 11.6. The van der Waals surface area contributed by atoms with Crippen molar-refractivity contribution in [2.45, 2.75) is 32.2 Å². The van der Waals surface area contributed by atoms with Gasteiger partial charge in [-0.15, -0.1) is 0 Å². The van der Waals surface area contributed by atoms with Crippen LogP contribution in [0.1, 0.15) is 24.5 Å². The summed E-state index contributed by atoms with van der Waals surface area (Å²) < 4.78 is 5.12. The standard InChI is InChI=1S/C16H21NO2/c1-3-14-13-8-11-6-4-5-7-12(11)9-16(13,10-17-14)15(18)19-2/h4-7,13-14,17H,3,8-10H2,1-2H3. The molecule has 1 fully saturated rings. The second-order valence-corrected chi connectivity index (χ2v) is 5.80. The Hall–Kier alpha value is -1.35. The van der Waals surface area contributed by atoms with Gasteiger partial charge in [0, 0.05) is 12.6 Å². The zero-order valence-electron chi connectivity index (χ0n) is 11.6. The third kappa shape index (κ3) is 1.79. The molecule has 19 heavy (non-hydrogen) atoms. The van der Waals surface area contributed by atoms with E-state index in [-0.39, 0.29) is 11.4 Å². The topological polar surface area (TPSA) is 38.3 Å². The van der Waals surface area contributed by atoms with Crippen molar-refractivity contribution in [3.63, 3.8) is 0 Å². The number of hydrogen-bond acceptors (Lipinski definition) is 3. The van der Waals surface area contributed by atoms with Gasteiger partial charge in [0.2, 0.25) is 0 Å². The maximum atomic E-state index is 12.4. The number of rotatable bonds is 2. The van der Waals surface area contributed by atoms with Crippen molar-refractivity contribution in [2.24, 2.45) is 11.3 Å². The van der Waals surface area contributed by atoms with Gasteiger partial charge < -0.3 is 10.1 Å². The highest BCUT2D eigenvalue weighted by Gasteiger charge is 2.55. The van der Waals surface area contributed by atoms with E-state index >= 15 is 0 Å². The van der Waals surface area contributed by atoms with Crippen molar-refractivity contribution in [2.75, 3.05) is 13.7 Å². The summed E-state index contributed by atoms with van der Waals surface area (Å²) in [5.74, 6) is 0.315. The van der Waals surface area contributed by atoms with Gasteiger partial charge in [0.15, 0.2) is 0 Å². The van der Waals surface area contributed by atoms with Crippen LogP contribution in [0.4, 0.5) is 0 Å². The molecule has 1 aliphatic heterocycles. The quantitative estimate of drug-likeness (QED) is 0.825. The Balaban J connectivity index is 2.04. The molecular formula is C16H21NO2. The van der Waals surface area contributed by atoms with E-state index in [0.717, 1.165) is 25.8 Å². The fourth-order valence-electron chi connectivity index (χ4n) is 3.94. The van der Waals surface area contributed by atoms with Crippen molar-refractivity contribution in [3.05, 3.63) is 35.4 Å². The average molecular weight is 259 g/mol. The minimum Gasteiger partial charge on any atom is -0.469 e. The van der Waals surface area contributed by atoms with Crippen LogP contribution in [-0.2, 0) is 22.4 Å². The zero-order chi connectivity index (χ0) is 13.5. The fourth-order valence-corrected chi connectivity index (χ4v) is 3.94. The largest absolute Gasteiger partial charge is 0.469 e. The van der Waals surface area contributed by atoms with Crippen molar-refractivity contribution in [3.8, 4) is 0 Å². The molecule has 0 spiro atoms. The van der Waals surface area contributed by atoms with Crippen molar-refractivity contribution in [1.29, 1.82) is 0 Å². The first-order valence-electron chi connectivity index (χ1n) is 7.10. The molecule has 1 N–H and O–H groups in total. The minimum atomic E-state index is -0.357. The third-order valence-corrected chi connectivity index (χ3v) is 4.97. The molecule has 3 rings (SSSR count). The SMILES string of the molecule is CCC1NCC2(C(=O)OC)Cc3ccccc3CC12. The number of nitrogens with one attached hydrogen (secondary N) is 1. The van der Waals surface area contributed by atoms with E-state index in [4.69, 9.17) is 4.74 Å². The highest BCUT2D eigenvalue weighted by atomic mass is 16.5. The Labute approximate surface area is 114 Å². The molecule has 102 valence electrons. The molecule has 3 nitrogen and oxygen atoms in total. The van der Waals surface area contributed by atoms with Crippen LogP contribution in [0.25, 0.3) is 0 Å². The molecule has 2 aliphatic rings. The van der Waals surface area contributed by atoms with Gasteiger partial charge in [-0.3, -0.25) is 4.79 Å². The van der Waals surface area contributed by atoms with Gasteiger partial charge >= 0.3 is 5.97 Å². The summed E-state index contributed by atoms with van der Waals surface area (Å²) in [5, 5.41) is 3.54. The lowest BCUT2D eigenvalue weighted by atomic mass is 9.64. The molecule has 3 atom stereocenters. The Morgan fingerprint density at radius 3 is 2.84 bits per heavy atom. The second-order valence-electron chi connectivity index (χ2n) is 5.80. The van der Waals surface area contributed by atoms with E-state index in [1.54, 1.807) is 0 Å². The number of methoxy groups -OCH3 is 1. The number of carbonyl (C=O) groups excluding carboxylic acids is 1. The molecule has 1 aromatic rings. The number of esters is 1. The van der Waals surface area contributed by atoms with Crippen LogP contribution in [0.3, 0.4) is 0 Å². The third-order valence-electron chi connectivity index (χ3n) is 4.97. The summed E-state index contributed by atoms with van der Waals surface area (Å²) in [5.41, 5.74) is 2.35. The molecular weight excluding hydrogens is 238 g/mol. The molecule has 1 aliphatic carbocycles. The van der Waals surface area contributed by atoms with Gasteiger partial charge in [0.25, 0.3) is 0 Å². The van der Waals surface area contributed by atoms with Crippen LogP contribution in [0, 0.1) is 11.3 Å². The van der Waals surface area contributed by atoms with Gasteiger partial charge in [-0.25, -0.2) is 0 Å². The molecule has 3 unspecified atom stereocenters. The molecule has 3 heteroatoms. The predicted molar refractivity (Wildman–Crippen MR) is 73.9 cm³/mol. The van der Waals surface area contributed by atoms with Crippen LogP contribution < -0.4 is 5.32 Å². The van der Waals surface area contributed by atoms with E-state index < -0.39 is 0 Å². The molecule has 1 saturated heterocycles. The van der Waals surface area contributed by atoms with Gasteiger partial charge in [0.1, 0.15) is 0 Å². The minimum absolute atomic E-state index is 0.0459. The highest BCUT2D eigenvalue weighted by Crippen LogP contribution is 2.46. The first-order valence-corrected chi connectivity index (χ1v) is 7.10. The lowest BCUT2D eigenvalue weighted by molar-refractivity contribution is -0.154. The van der Waals surface area contributed by atoms with Gasteiger partial charge in [-0.2, -0.15) is 0 Å². The monoisotopic (exact) mass is 259 g/mol. The van der Waals surface area contributed by atoms with Crippen molar-refractivity contribution in [1.82, 2.24) is 5.32 Å². The number of carbonyl (C=O) groups is 1. The molecule has 0 amide bonds. The van der Waals surface area contributed by atoms with Crippen LogP contribution in [-0.4, -0.2) is 25.7 Å². The molecule has 0 aromatic heterocycles. The van der Waals surface area contributed by atoms with Gasteiger partial charge in [-0.1, -0.05) is 31.2 Å². The first-order chi connectivity index (χ1) is 9.21. The number of benzene rings is 1. The molecule has 1 heterocycles. The lowest BCUT2D eigenvalue weighted by Crippen LogP contribution is -2.46. The van der Waals surface area contributed by atoms with Crippen LogP contribution >= 0.6 is 0 Å². The van der Waals surface area contributed by atoms with Crippen LogP contribution in [0.2, 0.25) is 0 Å². The fraction of sp³-hybridized carbons (Fsp3) is 0.562. The molecule has 0 radical (unpaired) electrons. The Morgan fingerprint density at radius 2 is 2.16 bits per heavy atom. The van der Waals surface area contributed by atoms with E-state index in [2.05, 4.69) is 36.5 Å². The normalized spacial score (nSPS) is 32.5. The summed E-state index contributed by atoms with van der Waals surface area (Å²) in [6.45, 7) is 2.93. The Bertz CT molecular complexity index is 499. The maximum absolute atomic E-state index is 12.4. The maximum Gasteiger partial charge on any atom is 0.313 e. The Kier molecular flexibility index (Phi) is 3.09. The molecule has 0 bridgehead atoms.